The molecule has 1 aliphatic heterocycles. The van der Waals surface area contributed by atoms with Crippen LogP contribution in [0.2, 0.25) is 0 Å². The number of allylic oxidation sites excluding steroid dienone is 1. The van der Waals surface area contributed by atoms with Gasteiger partial charge in [0.25, 0.3) is 0 Å². The molecule has 13 heteroatoms. The molecule has 1 aromatic heterocycles. The molecule has 1 aliphatic rings. The summed E-state index contributed by atoms with van der Waals surface area (Å²) in [5.74, 6) is 0.554. The number of ether oxygens (including phenoxy) is 1. The maximum absolute atomic E-state index is 12.8. The van der Waals surface area contributed by atoms with Crippen LogP contribution in [0, 0.1) is 12.8 Å². The Morgan fingerprint density at radius 1 is 1.45 bits per heavy atom. The second-order valence-electron chi connectivity index (χ2n) is 6.95. The number of nitrogen functional groups attached to an aromatic ring is 1. The molecule has 0 atom stereocenters. The van der Waals surface area contributed by atoms with Crippen molar-refractivity contribution in [2.75, 3.05) is 25.6 Å². The summed E-state index contributed by atoms with van der Waals surface area (Å²) in [5.41, 5.74) is 6.90. The van der Waals surface area contributed by atoms with E-state index >= 15 is 0 Å². The number of hydrogen-bond acceptors (Lipinski definition) is 9. The Kier molecular flexibility index (Phi) is 9.60. The lowest BCUT2D eigenvalue weighted by atomic mass is 10.0. The second kappa shape index (κ2) is 11.7. The largest absolute Gasteiger partial charge is 0.469 e. The molecule has 172 valence electrons. The van der Waals surface area contributed by atoms with Crippen LogP contribution in [0.5, 0.6) is 0 Å². The standard InChI is InChI=1S/C18H27N4O7PS/c1-12(22(11-23)10-15-9-20-13(2)21-17(15)19)16(5-8-29-30(25,26)27)31-18(24)14-3-6-28-7-4-14/h9,11,14H,3-8,10H2,1-2H3,(H2,19,20,21)(H2,25,26,27). The normalized spacial score (nSPS) is 16.0. The van der Waals surface area contributed by atoms with Gasteiger partial charge in [0, 0.05) is 47.9 Å². The Morgan fingerprint density at radius 2 is 2.13 bits per heavy atom. The van der Waals surface area contributed by atoms with E-state index in [1.165, 1.54) is 11.1 Å². The number of amides is 1. The van der Waals surface area contributed by atoms with Crippen LogP contribution in [0.1, 0.15) is 37.6 Å². The van der Waals surface area contributed by atoms with Crippen LogP contribution < -0.4 is 5.73 Å². The number of phosphoric acid groups is 1. The number of aromatic nitrogens is 2. The lowest BCUT2D eigenvalue weighted by Crippen LogP contribution is -2.24. The van der Waals surface area contributed by atoms with Gasteiger partial charge in [0.2, 0.25) is 6.41 Å². The number of anilines is 1. The first-order chi connectivity index (χ1) is 14.6. The van der Waals surface area contributed by atoms with Gasteiger partial charge in [-0.3, -0.25) is 14.1 Å². The van der Waals surface area contributed by atoms with Crippen LogP contribution in [0.3, 0.4) is 0 Å². The van der Waals surface area contributed by atoms with Crippen molar-refractivity contribution < 1.29 is 33.2 Å². The zero-order valence-corrected chi connectivity index (χ0v) is 19.1. The summed E-state index contributed by atoms with van der Waals surface area (Å²) < 4.78 is 20.9. The molecule has 31 heavy (non-hydrogen) atoms. The molecule has 0 bridgehead atoms. The van der Waals surface area contributed by atoms with E-state index in [0.29, 0.717) is 54.5 Å². The SMILES string of the molecule is CC(=C(CCOP(=O)(O)O)SC(=O)C1CCOCC1)N(C=O)Cc1cnc(C)nc1N. The van der Waals surface area contributed by atoms with Crippen LogP contribution in [0.15, 0.2) is 16.8 Å². The van der Waals surface area contributed by atoms with E-state index < -0.39 is 7.82 Å². The van der Waals surface area contributed by atoms with Gasteiger partial charge in [0.1, 0.15) is 11.6 Å². The predicted octanol–water partition coefficient (Wildman–Crippen LogP) is 1.74. The van der Waals surface area contributed by atoms with Crippen molar-refractivity contribution in [3.8, 4) is 0 Å². The first kappa shape index (κ1) is 25.4. The number of thioether (sulfide) groups is 1. The Bertz CT molecular complexity index is 870. The van der Waals surface area contributed by atoms with E-state index in [1.54, 1.807) is 13.8 Å². The lowest BCUT2D eigenvalue weighted by Gasteiger charge is -2.24. The molecular weight excluding hydrogens is 447 g/mol. The van der Waals surface area contributed by atoms with Gasteiger partial charge in [-0.1, -0.05) is 11.8 Å². The van der Waals surface area contributed by atoms with E-state index in [1.807, 2.05) is 0 Å². The first-order valence-corrected chi connectivity index (χ1v) is 11.9. The Balaban J connectivity index is 2.23. The van der Waals surface area contributed by atoms with Crippen molar-refractivity contribution >= 4 is 36.9 Å². The molecule has 0 radical (unpaired) electrons. The summed E-state index contributed by atoms with van der Waals surface area (Å²) in [5, 5.41) is -0.0853. The summed E-state index contributed by atoms with van der Waals surface area (Å²) in [7, 11) is -4.66. The summed E-state index contributed by atoms with van der Waals surface area (Å²) in [6.07, 6.45) is 3.37. The first-order valence-electron chi connectivity index (χ1n) is 9.60. The molecule has 4 N–H and O–H groups in total. The minimum absolute atomic E-state index is 0.0425. The fourth-order valence-electron chi connectivity index (χ4n) is 2.91. The number of rotatable bonds is 10. The molecule has 1 aromatic rings. The molecule has 1 amide bonds. The third-order valence-corrected chi connectivity index (χ3v) is 6.49. The summed E-state index contributed by atoms with van der Waals surface area (Å²) in [6, 6.07) is 0. The number of phosphoric ester groups is 1. The second-order valence-corrected chi connectivity index (χ2v) is 9.29. The minimum Gasteiger partial charge on any atom is -0.383 e. The maximum Gasteiger partial charge on any atom is 0.469 e. The zero-order chi connectivity index (χ0) is 23.0. The van der Waals surface area contributed by atoms with Gasteiger partial charge in [0.15, 0.2) is 5.12 Å². The van der Waals surface area contributed by atoms with E-state index in [9.17, 15) is 14.2 Å². The van der Waals surface area contributed by atoms with E-state index in [-0.39, 0.29) is 36.4 Å². The molecule has 0 aliphatic carbocycles. The van der Waals surface area contributed by atoms with Gasteiger partial charge < -0.3 is 25.2 Å². The maximum atomic E-state index is 12.8. The number of hydrogen-bond donors (Lipinski definition) is 3. The van der Waals surface area contributed by atoms with Crippen molar-refractivity contribution in [3.63, 3.8) is 0 Å². The highest BCUT2D eigenvalue weighted by Crippen LogP contribution is 2.38. The van der Waals surface area contributed by atoms with Gasteiger partial charge in [-0.05, 0) is 26.7 Å². The van der Waals surface area contributed by atoms with E-state index in [2.05, 4.69) is 14.5 Å². The fourth-order valence-corrected chi connectivity index (χ4v) is 4.34. The highest BCUT2D eigenvalue weighted by atomic mass is 32.2. The van der Waals surface area contributed by atoms with Gasteiger partial charge >= 0.3 is 7.82 Å². The highest BCUT2D eigenvalue weighted by molar-refractivity contribution is 8.17. The molecular formula is C18H27N4O7PS. The topological polar surface area (TPSA) is 165 Å². The molecule has 0 saturated carbocycles. The van der Waals surface area contributed by atoms with Gasteiger partial charge in [-0.15, -0.1) is 0 Å². The number of carbonyl (C=O) groups excluding carboxylic acids is 2. The van der Waals surface area contributed by atoms with Crippen LogP contribution in [-0.2, 0) is 30.0 Å². The summed E-state index contributed by atoms with van der Waals surface area (Å²) >= 11 is 0.960. The molecule has 2 rings (SSSR count). The smallest absolute Gasteiger partial charge is 0.383 e. The zero-order valence-electron chi connectivity index (χ0n) is 17.4. The van der Waals surface area contributed by atoms with Gasteiger partial charge in [0.05, 0.1) is 13.2 Å². The quantitative estimate of drug-likeness (QED) is 0.334. The van der Waals surface area contributed by atoms with Crippen molar-refractivity contribution in [3.05, 3.63) is 28.2 Å². The molecule has 2 heterocycles. The number of aryl methyl sites for hydroxylation is 1. The van der Waals surface area contributed by atoms with Crippen LogP contribution in [0.4, 0.5) is 5.82 Å². The molecule has 11 nitrogen and oxygen atoms in total. The van der Waals surface area contributed by atoms with Crippen LogP contribution >= 0.6 is 19.6 Å². The number of nitrogens with zero attached hydrogens (tertiary/aromatic N) is 3. The van der Waals surface area contributed by atoms with Crippen molar-refractivity contribution in [2.24, 2.45) is 5.92 Å². The van der Waals surface area contributed by atoms with Crippen molar-refractivity contribution in [1.29, 1.82) is 0 Å². The number of carbonyl (C=O) groups is 2. The highest BCUT2D eigenvalue weighted by Gasteiger charge is 2.25. The lowest BCUT2D eigenvalue weighted by molar-refractivity contribution is -0.117. The van der Waals surface area contributed by atoms with Crippen molar-refractivity contribution in [1.82, 2.24) is 14.9 Å². The minimum atomic E-state index is -4.66. The average molecular weight is 474 g/mol. The van der Waals surface area contributed by atoms with Crippen LogP contribution in [0.25, 0.3) is 0 Å². The molecule has 0 aromatic carbocycles. The Morgan fingerprint density at radius 3 is 2.71 bits per heavy atom. The van der Waals surface area contributed by atoms with Crippen molar-refractivity contribution in [2.45, 2.75) is 39.7 Å². The predicted molar refractivity (Wildman–Crippen MR) is 114 cm³/mol. The number of nitrogens with two attached hydrogens (primary N) is 1. The monoisotopic (exact) mass is 474 g/mol. The summed E-state index contributed by atoms with van der Waals surface area (Å²) in [4.78, 5) is 52.5. The van der Waals surface area contributed by atoms with Gasteiger partial charge in [-0.25, -0.2) is 14.5 Å². The summed E-state index contributed by atoms with van der Waals surface area (Å²) in [6.45, 7) is 4.12. The van der Waals surface area contributed by atoms with Gasteiger partial charge in [-0.2, -0.15) is 0 Å². The third kappa shape index (κ3) is 8.32. The van der Waals surface area contributed by atoms with E-state index in [4.69, 9.17) is 20.3 Å². The van der Waals surface area contributed by atoms with E-state index in [0.717, 1.165) is 11.8 Å². The fraction of sp³-hybridized carbons (Fsp3) is 0.556. The molecule has 1 fully saturated rings. The molecule has 1 saturated heterocycles. The molecule has 0 spiro atoms. The Hall–Kier alpha value is -1.82. The third-order valence-electron chi connectivity index (χ3n) is 4.69. The Labute approximate surface area is 184 Å². The van der Waals surface area contributed by atoms with Crippen LogP contribution in [-0.4, -0.2) is 56.0 Å². The average Bonchev–Trinajstić information content (AvgIpc) is 2.71. The molecule has 0 unspecified atom stereocenters.